The van der Waals surface area contributed by atoms with Crippen molar-refractivity contribution in [1.29, 1.82) is 0 Å². The Hall–Kier alpha value is -2.28. The molecule has 2 heterocycles. The number of rotatable bonds is 4. The van der Waals surface area contributed by atoms with E-state index in [1.807, 2.05) is 38.1 Å². The highest BCUT2D eigenvalue weighted by atomic mass is 32.2. The Morgan fingerprint density at radius 1 is 1.38 bits per heavy atom. The number of aromatic amines is 1. The minimum absolute atomic E-state index is 0.142. The lowest BCUT2D eigenvalue weighted by atomic mass is 10.3. The molecule has 21 heavy (non-hydrogen) atoms. The van der Waals surface area contributed by atoms with E-state index in [2.05, 4.69) is 20.5 Å². The highest BCUT2D eigenvalue weighted by molar-refractivity contribution is 7.99. The number of carbonyl (C=O) groups is 1. The molecule has 108 valence electrons. The van der Waals surface area contributed by atoms with E-state index < -0.39 is 0 Å². The molecule has 0 spiro atoms. The predicted octanol–water partition coefficient (Wildman–Crippen LogP) is 2.90. The van der Waals surface area contributed by atoms with Gasteiger partial charge in [0.25, 0.3) is 5.22 Å². The first-order chi connectivity index (χ1) is 10.1. The van der Waals surface area contributed by atoms with Crippen LogP contribution in [0.3, 0.4) is 0 Å². The van der Waals surface area contributed by atoms with Crippen molar-refractivity contribution in [3.05, 3.63) is 35.5 Å². The topological polar surface area (TPSA) is 83.8 Å². The smallest absolute Gasteiger partial charge is 0.257 e. The molecule has 0 radical (unpaired) electrons. The molecule has 0 fully saturated rings. The number of carbonyl (C=O) groups excluding carboxylic acids is 1. The normalized spacial score (nSPS) is 11.0. The number of benzene rings is 1. The van der Waals surface area contributed by atoms with E-state index >= 15 is 0 Å². The van der Waals surface area contributed by atoms with Gasteiger partial charge in [-0.1, -0.05) is 23.9 Å². The number of aromatic nitrogens is 3. The van der Waals surface area contributed by atoms with E-state index in [0.29, 0.717) is 11.0 Å². The van der Waals surface area contributed by atoms with Gasteiger partial charge >= 0.3 is 0 Å². The molecule has 2 aromatic heterocycles. The number of hydrogen-bond acceptors (Lipinski definition) is 5. The number of oxazole rings is 1. The molecule has 2 N–H and O–H groups in total. The molecule has 3 aromatic rings. The number of fused-ring (bicyclic) bond motifs is 1. The first kappa shape index (κ1) is 13.7. The molecule has 0 bridgehead atoms. The fourth-order valence-corrected chi connectivity index (χ4v) is 2.45. The van der Waals surface area contributed by atoms with Crippen molar-refractivity contribution in [1.82, 2.24) is 15.2 Å². The summed E-state index contributed by atoms with van der Waals surface area (Å²) in [6.07, 6.45) is 0. The zero-order valence-corrected chi connectivity index (χ0v) is 12.5. The van der Waals surface area contributed by atoms with Crippen LogP contribution in [-0.4, -0.2) is 26.8 Å². The van der Waals surface area contributed by atoms with Crippen LogP contribution in [0.15, 0.2) is 33.9 Å². The number of aryl methyl sites for hydroxylation is 1. The molecule has 0 atom stereocenters. The van der Waals surface area contributed by atoms with Gasteiger partial charge in [0.2, 0.25) is 5.91 Å². The highest BCUT2D eigenvalue weighted by Gasteiger charge is 2.12. The summed E-state index contributed by atoms with van der Waals surface area (Å²) in [5, 5.41) is 10.1. The lowest BCUT2D eigenvalue weighted by Crippen LogP contribution is -2.15. The molecule has 0 unspecified atom stereocenters. The molecule has 0 aliphatic heterocycles. The van der Waals surface area contributed by atoms with Crippen LogP contribution in [0.4, 0.5) is 5.82 Å². The monoisotopic (exact) mass is 302 g/mol. The maximum Gasteiger partial charge on any atom is 0.257 e. The van der Waals surface area contributed by atoms with Crippen molar-refractivity contribution in [2.45, 2.75) is 19.1 Å². The highest BCUT2D eigenvalue weighted by Crippen LogP contribution is 2.23. The maximum absolute atomic E-state index is 11.9. The fourth-order valence-electron chi connectivity index (χ4n) is 1.81. The molecule has 6 nitrogen and oxygen atoms in total. The first-order valence-electron chi connectivity index (χ1n) is 6.43. The molecular weight excluding hydrogens is 288 g/mol. The molecule has 0 saturated heterocycles. The SMILES string of the molecule is Cc1[nH]nc(NC(=O)CSc2nc3ccccc3o2)c1C. The average Bonchev–Trinajstić information content (AvgIpc) is 3.03. The van der Waals surface area contributed by atoms with Gasteiger partial charge in [-0.2, -0.15) is 5.10 Å². The predicted molar refractivity (Wildman–Crippen MR) is 81.4 cm³/mol. The largest absolute Gasteiger partial charge is 0.431 e. The number of anilines is 1. The number of thioether (sulfide) groups is 1. The lowest BCUT2D eigenvalue weighted by Gasteiger charge is -2.01. The third kappa shape index (κ3) is 2.92. The van der Waals surface area contributed by atoms with Crippen LogP contribution in [-0.2, 0) is 4.79 Å². The van der Waals surface area contributed by atoms with Gasteiger partial charge in [0.05, 0.1) is 5.75 Å². The van der Waals surface area contributed by atoms with E-state index in [1.54, 1.807) is 0 Å². The number of nitrogens with zero attached hydrogens (tertiary/aromatic N) is 2. The Kier molecular flexibility index (Phi) is 3.66. The zero-order chi connectivity index (χ0) is 14.8. The second kappa shape index (κ2) is 5.61. The van der Waals surface area contributed by atoms with E-state index in [-0.39, 0.29) is 11.7 Å². The van der Waals surface area contributed by atoms with Crippen LogP contribution in [0.1, 0.15) is 11.3 Å². The molecule has 0 aliphatic carbocycles. The quantitative estimate of drug-likeness (QED) is 0.724. The summed E-state index contributed by atoms with van der Waals surface area (Å²) >= 11 is 1.26. The van der Waals surface area contributed by atoms with Crippen molar-refractivity contribution < 1.29 is 9.21 Å². The van der Waals surface area contributed by atoms with Gasteiger partial charge < -0.3 is 9.73 Å². The van der Waals surface area contributed by atoms with Crippen molar-refractivity contribution >= 4 is 34.6 Å². The number of para-hydroxylation sites is 2. The summed E-state index contributed by atoms with van der Waals surface area (Å²) < 4.78 is 5.55. The number of hydrogen-bond donors (Lipinski definition) is 2. The summed E-state index contributed by atoms with van der Waals surface area (Å²) in [7, 11) is 0. The van der Waals surface area contributed by atoms with Gasteiger partial charge in [-0.3, -0.25) is 9.89 Å². The molecular formula is C14H14N4O2S. The standard InChI is InChI=1S/C14H14N4O2S/c1-8-9(2)17-18-13(8)16-12(19)7-21-14-15-10-5-3-4-6-11(10)20-14/h3-6H,7H2,1-2H3,(H2,16,17,18,19). The van der Waals surface area contributed by atoms with E-state index in [1.165, 1.54) is 11.8 Å². The zero-order valence-electron chi connectivity index (χ0n) is 11.6. The van der Waals surface area contributed by atoms with Crippen LogP contribution < -0.4 is 5.32 Å². The Morgan fingerprint density at radius 3 is 2.90 bits per heavy atom. The Labute approximate surface area is 125 Å². The molecule has 0 saturated carbocycles. The summed E-state index contributed by atoms with van der Waals surface area (Å²) in [6.45, 7) is 3.81. The van der Waals surface area contributed by atoms with Crippen LogP contribution >= 0.6 is 11.8 Å². The summed E-state index contributed by atoms with van der Waals surface area (Å²) in [6, 6.07) is 7.51. The van der Waals surface area contributed by atoms with E-state index in [0.717, 1.165) is 22.4 Å². The van der Waals surface area contributed by atoms with Crippen LogP contribution in [0, 0.1) is 13.8 Å². The van der Waals surface area contributed by atoms with Crippen molar-refractivity contribution in [3.63, 3.8) is 0 Å². The Bertz CT molecular complexity index is 760. The number of nitrogens with one attached hydrogen (secondary N) is 2. The van der Waals surface area contributed by atoms with Gasteiger partial charge in [0, 0.05) is 11.3 Å². The molecule has 1 aromatic carbocycles. The van der Waals surface area contributed by atoms with Crippen molar-refractivity contribution in [2.24, 2.45) is 0 Å². The minimum atomic E-state index is -0.142. The first-order valence-corrected chi connectivity index (χ1v) is 7.42. The number of H-pyrrole nitrogens is 1. The second-order valence-electron chi connectivity index (χ2n) is 4.61. The maximum atomic E-state index is 11.9. The summed E-state index contributed by atoms with van der Waals surface area (Å²) in [4.78, 5) is 16.2. The summed E-state index contributed by atoms with van der Waals surface area (Å²) in [5.41, 5.74) is 3.39. The Balaban J connectivity index is 1.62. The molecule has 7 heteroatoms. The third-order valence-corrected chi connectivity index (χ3v) is 3.94. The number of amides is 1. The van der Waals surface area contributed by atoms with Crippen LogP contribution in [0.5, 0.6) is 0 Å². The minimum Gasteiger partial charge on any atom is -0.431 e. The van der Waals surface area contributed by atoms with Crippen molar-refractivity contribution in [3.8, 4) is 0 Å². The van der Waals surface area contributed by atoms with Gasteiger partial charge in [0.1, 0.15) is 5.52 Å². The summed E-state index contributed by atoms with van der Waals surface area (Å²) in [5.74, 6) is 0.644. The average molecular weight is 302 g/mol. The third-order valence-electron chi connectivity index (χ3n) is 3.11. The fraction of sp³-hybridized carbons (Fsp3) is 0.214. The van der Waals surface area contributed by atoms with E-state index in [4.69, 9.17) is 4.42 Å². The molecule has 3 rings (SSSR count). The van der Waals surface area contributed by atoms with E-state index in [9.17, 15) is 4.79 Å². The molecule has 0 aliphatic rings. The van der Waals surface area contributed by atoms with Gasteiger partial charge in [-0.25, -0.2) is 4.98 Å². The Morgan fingerprint density at radius 2 is 2.19 bits per heavy atom. The second-order valence-corrected chi connectivity index (χ2v) is 5.53. The lowest BCUT2D eigenvalue weighted by molar-refractivity contribution is -0.113. The van der Waals surface area contributed by atoms with Gasteiger partial charge in [-0.05, 0) is 26.0 Å². The molecule has 1 amide bonds. The van der Waals surface area contributed by atoms with Gasteiger partial charge in [-0.15, -0.1) is 0 Å². The van der Waals surface area contributed by atoms with Crippen LogP contribution in [0.25, 0.3) is 11.1 Å². The van der Waals surface area contributed by atoms with Crippen molar-refractivity contribution in [2.75, 3.05) is 11.1 Å². The van der Waals surface area contributed by atoms with Crippen LogP contribution in [0.2, 0.25) is 0 Å². The van der Waals surface area contributed by atoms with Gasteiger partial charge in [0.15, 0.2) is 11.4 Å².